The molecule has 1 aliphatic heterocycles. The summed E-state index contributed by atoms with van der Waals surface area (Å²) in [4.78, 5) is 19.8. The summed E-state index contributed by atoms with van der Waals surface area (Å²) >= 11 is 1.50. The van der Waals surface area contributed by atoms with Crippen molar-refractivity contribution in [3.8, 4) is 0 Å². The third kappa shape index (κ3) is 3.69. The van der Waals surface area contributed by atoms with Crippen molar-refractivity contribution in [3.63, 3.8) is 0 Å². The molecular formula is C21H22N2OS. The number of carbonyl (C=O) groups is 1. The highest BCUT2D eigenvalue weighted by molar-refractivity contribution is 7.98. The first-order chi connectivity index (χ1) is 12.3. The summed E-state index contributed by atoms with van der Waals surface area (Å²) in [6.07, 6.45) is 11.5. The second kappa shape index (κ2) is 8.17. The molecule has 0 saturated carbocycles. The van der Waals surface area contributed by atoms with Gasteiger partial charge >= 0.3 is 0 Å². The molecule has 0 radical (unpaired) electrons. The van der Waals surface area contributed by atoms with Crippen LogP contribution in [0.2, 0.25) is 0 Å². The van der Waals surface area contributed by atoms with Crippen LogP contribution in [0.25, 0.3) is 0 Å². The lowest BCUT2D eigenvalue weighted by Gasteiger charge is -2.39. The molecule has 2 heterocycles. The van der Waals surface area contributed by atoms with Crippen LogP contribution in [0.3, 0.4) is 0 Å². The van der Waals surface area contributed by atoms with Gasteiger partial charge in [-0.1, -0.05) is 48.6 Å². The van der Waals surface area contributed by atoms with Crippen LogP contribution in [0.4, 0.5) is 0 Å². The molecule has 3 nitrogen and oxygen atoms in total. The van der Waals surface area contributed by atoms with Crippen molar-refractivity contribution in [2.45, 2.75) is 30.0 Å². The smallest absolute Gasteiger partial charge is 0.257 e. The molecule has 4 heteroatoms. The van der Waals surface area contributed by atoms with Gasteiger partial charge in [-0.05, 0) is 36.8 Å². The van der Waals surface area contributed by atoms with E-state index in [9.17, 15) is 4.79 Å². The first-order valence-electron chi connectivity index (χ1n) is 8.40. The predicted molar refractivity (Wildman–Crippen MR) is 104 cm³/mol. The van der Waals surface area contributed by atoms with Gasteiger partial charge in [0.15, 0.2) is 0 Å². The Balaban J connectivity index is 2.04. The summed E-state index contributed by atoms with van der Waals surface area (Å²) in [6.45, 7) is 3.87. The van der Waals surface area contributed by atoms with Gasteiger partial charge < -0.3 is 4.90 Å². The Hall–Kier alpha value is -2.33. The minimum atomic E-state index is -0.0673. The van der Waals surface area contributed by atoms with Crippen LogP contribution in [0.15, 0.2) is 78.5 Å². The SMILES string of the molecule is C=CC[C@@H]1CC=C[C@@H](c2ccccc2)N1C(=O)c1cccnc1SC. The van der Waals surface area contributed by atoms with E-state index in [4.69, 9.17) is 0 Å². The maximum Gasteiger partial charge on any atom is 0.257 e. The largest absolute Gasteiger partial charge is 0.324 e. The van der Waals surface area contributed by atoms with Gasteiger partial charge in [0.25, 0.3) is 5.91 Å². The van der Waals surface area contributed by atoms with Gasteiger partial charge in [0.2, 0.25) is 0 Å². The van der Waals surface area contributed by atoms with Gasteiger partial charge in [-0.2, -0.15) is 0 Å². The summed E-state index contributed by atoms with van der Waals surface area (Å²) in [5, 5.41) is 0.770. The number of aromatic nitrogens is 1. The number of benzene rings is 1. The zero-order valence-electron chi connectivity index (χ0n) is 14.3. The highest BCUT2D eigenvalue weighted by Gasteiger charge is 2.33. The highest BCUT2D eigenvalue weighted by Crippen LogP contribution is 2.34. The van der Waals surface area contributed by atoms with E-state index >= 15 is 0 Å². The maximum absolute atomic E-state index is 13.5. The number of hydrogen-bond donors (Lipinski definition) is 0. The Labute approximate surface area is 153 Å². The molecule has 1 amide bonds. The second-order valence-corrected chi connectivity index (χ2v) is 6.77. The maximum atomic E-state index is 13.5. The normalized spacial score (nSPS) is 19.6. The fourth-order valence-electron chi connectivity index (χ4n) is 3.27. The zero-order valence-corrected chi connectivity index (χ0v) is 15.2. The first kappa shape index (κ1) is 17.5. The summed E-state index contributed by atoms with van der Waals surface area (Å²) in [5.41, 5.74) is 1.79. The minimum absolute atomic E-state index is 0.0301. The van der Waals surface area contributed by atoms with Crippen molar-refractivity contribution >= 4 is 17.7 Å². The van der Waals surface area contributed by atoms with Gasteiger partial charge in [0.1, 0.15) is 5.03 Å². The predicted octanol–water partition coefficient (Wildman–Crippen LogP) is 4.89. The van der Waals surface area contributed by atoms with Gasteiger partial charge in [-0.3, -0.25) is 4.79 Å². The molecular weight excluding hydrogens is 328 g/mol. The van der Waals surface area contributed by atoms with Crippen LogP contribution >= 0.6 is 11.8 Å². The van der Waals surface area contributed by atoms with E-state index < -0.39 is 0 Å². The van der Waals surface area contributed by atoms with E-state index in [0.717, 1.165) is 23.4 Å². The fourth-order valence-corrected chi connectivity index (χ4v) is 3.81. The number of rotatable bonds is 5. The van der Waals surface area contributed by atoms with Crippen molar-refractivity contribution in [3.05, 3.63) is 84.6 Å². The van der Waals surface area contributed by atoms with Gasteiger partial charge in [0, 0.05) is 12.2 Å². The molecule has 0 spiro atoms. The zero-order chi connectivity index (χ0) is 17.6. The number of thioether (sulfide) groups is 1. The summed E-state index contributed by atoms with van der Waals surface area (Å²) < 4.78 is 0. The number of pyridine rings is 1. The Bertz CT molecular complexity index is 772. The Morgan fingerprint density at radius 2 is 2.12 bits per heavy atom. The molecule has 1 aliphatic rings. The molecule has 1 aromatic carbocycles. The lowest BCUT2D eigenvalue weighted by Crippen LogP contribution is -2.44. The molecule has 1 aromatic heterocycles. The number of carbonyl (C=O) groups excluding carboxylic acids is 1. The molecule has 0 saturated heterocycles. The van der Waals surface area contributed by atoms with Crippen LogP contribution in [0, 0.1) is 0 Å². The van der Waals surface area contributed by atoms with Gasteiger partial charge in [-0.15, -0.1) is 18.3 Å². The van der Waals surface area contributed by atoms with Crippen molar-refractivity contribution in [2.24, 2.45) is 0 Å². The summed E-state index contributed by atoms with van der Waals surface area (Å²) in [5.74, 6) is 0.0301. The van der Waals surface area contributed by atoms with E-state index in [1.165, 1.54) is 11.8 Å². The molecule has 0 fully saturated rings. The Morgan fingerprint density at radius 1 is 1.32 bits per heavy atom. The van der Waals surface area contributed by atoms with Gasteiger partial charge in [0.05, 0.1) is 11.6 Å². The minimum Gasteiger partial charge on any atom is -0.324 e. The quantitative estimate of drug-likeness (QED) is 0.568. The molecule has 25 heavy (non-hydrogen) atoms. The molecule has 2 atom stereocenters. The van der Waals surface area contributed by atoms with Gasteiger partial charge in [-0.25, -0.2) is 4.98 Å². The van der Waals surface area contributed by atoms with Crippen molar-refractivity contribution in [2.75, 3.05) is 6.26 Å². The van der Waals surface area contributed by atoms with Crippen molar-refractivity contribution < 1.29 is 4.79 Å². The van der Waals surface area contributed by atoms with E-state index in [0.29, 0.717) is 5.56 Å². The Kier molecular flexibility index (Phi) is 5.71. The topological polar surface area (TPSA) is 33.2 Å². The molecule has 128 valence electrons. The fraction of sp³-hybridized carbons (Fsp3) is 0.238. The van der Waals surface area contributed by atoms with Crippen LogP contribution in [-0.2, 0) is 0 Å². The van der Waals surface area contributed by atoms with E-state index in [1.807, 2.05) is 47.6 Å². The molecule has 0 aliphatic carbocycles. The first-order valence-corrected chi connectivity index (χ1v) is 9.63. The monoisotopic (exact) mass is 350 g/mol. The van der Waals surface area contributed by atoms with Crippen molar-refractivity contribution in [1.82, 2.24) is 9.88 Å². The van der Waals surface area contributed by atoms with E-state index in [-0.39, 0.29) is 18.0 Å². The number of hydrogen-bond acceptors (Lipinski definition) is 3. The standard InChI is InChI=1S/C21H22N2OS/c1-3-9-17-12-7-14-19(16-10-5-4-6-11-16)23(17)21(24)18-13-8-15-22-20(18)25-2/h3-8,10-11,13-15,17,19H,1,9,12H2,2H3/t17-,19+/m1/s1. The highest BCUT2D eigenvalue weighted by atomic mass is 32.2. The Morgan fingerprint density at radius 3 is 2.84 bits per heavy atom. The third-order valence-corrected chi connectivity index (χ3v) is 5.14. The molecule has 0 N–H and O–H groups in total. The van der Waals surface area contributed by atoms with E-state index in [2.05, 4.69) is 35.8 Å². The molecule has 0 bridgehead atoms. The summed E-state index contributed by atoms with van der Waals surface area (Å²) in [7, 11) is 0. The second-order valence-electron chi connectivity index (χ2n) is 5.97. The number of nitrogens with zero attached hydrogens (tertiary/aromatic N) is 2. The summed E-state index contributed by atoms with van der Waals surface area (Å²) in [6, 6.07) is 13.9. The molecule has 2 aromatic rings. The van der Waals surface area contributed by atoms with Crippen LogP contribution in [-0.4, -0.2) is 28.1 Å². The van der Waals surface area contributed by atoms with E-state index in [1.54, 1.807) is 6.20 Å². The van der Waals surface area contributed by atoms with Crippen LogP contribution in [0.1, 0.15) is 34.8 Å². The lowest BCUT2D eigenvalue weighted by molar-refractivity contribution is 0.0599. The average molecular weight is 350 g/mol. The molecule has 0 unspecified atom stereocenters. The molecule has 3 rings (SSSR count). The van der Waals surface area contributed by atoms with Crippen molar-refractivity contribution in [1.29, 1.82) is 0 Å². The van der Waals surface area contributed by atoms with Crippen LogP contribution in [0.5, 0.6) is 0 Å². The lowest BCUT2D eigenvalue weighted by atomic mass is 9.94. The third-order valence-electron chi connectivity index (χ3n) is 4.43. The van der Waals surface area contributed by atoms with Crippen LogP contribution < -0.4 is 0 Å². The average Bonchev–Trinajstić information content (AvgIpc) is 2.68. The number of amides is 1.